The fraction of sp³-hybridized carbons (Fsp3) is 0.750. The van der Waals surface area contributed by atoms with E-state index in [0.717, 1.165) is 25.8 Å². The topological polar surface area (TPSA) is 70.4 Å². The lowest BCUT2D eigenvalue weighted by Gasteiger charge is -2.22. The van der Waals surface area contributed by atoms with Crippen molar-refractivity contribution in [2.45, 2.75) is 58.6 Å². The molecule has 1 aromatic rings. The zero-order chi connectivity index (χ0) is 16.2. The molecule has 6 heteroatoms. The average Bonchev–Trinajstić information content (AvgIpc) is 2.79. The lowest BCUT2D eigenvalue weighted by molar-refractivity contribution is 0.0458. The van der Waals surface area contributed by atoms with Crippen molar-refractivity contribution in [2.75, 3.05) is 18.4 Å². The third kappa shape index (κ3) is 5.02. The molecular formula is C16H28N4O2. The highest BCUT2D eigenvalue weighted by Gasteiger charge is 2.27. The van der Waals surface area contributed by atoms with Gasteiger partial charge in [0, 0.05) is 31.9 Å². The van der Waals surface area contributed by atoms with Crippen molar-refractivity contribution in [3.8, 4) is 0 Å². The molecule has 1 aliphatic rings. The van der Waals surface area contributed by atoms with Gasteiger partial charge in [-0.05, 0) is 38.5 Å². The minimum absolute atomic E-state index is 0.133. The van der Waals surface area contributed by atoms with Crippen LogP contribution in [0.1, 0.15) is 46.5 Å². The van der Waals surface area contributed by atoms with Gasteiger partial charge in [-0.3, -0.25) is 10.00 Å². The van der Waals surface area contributed by atoms with Crippen LogP contribution in [0, 0.1) is 5.92 Å². The molecule has 1 aliphatic heterocycles. The summed E-state index contributed by atoms with van der Waals surface area (Å²) in [5, 5.41) is 17.3. The molecule has 1 atom stereocenters. The molecule has 2 N–H and O–H groups in total. The second kappa shape index (κ2) is 7.13. The van der Waals surface area contributed by atoms with Crippen molar-refractivity contribution in [1.29, 1.82) is 0 Å². The molecule has 0 saturated carbocycles. The molecule has 2 heterocycles. The van der Waals surface area contributed by atoms with E-state index in [1.165, 1.54) is 0 Å². The number of aromatic nitrogens is 2. The SMILES string of the molecule is CC(C)CCn1ccc(NC(=O)N2CCCC(C)(O)CC2)n1. The number of carbonyl (C=O) groups excluding carboxylic acids is 1. The van der Waals surface area contributed by atoms with Gasteiger partial charge in [0.2, 0.25) is 0 Å². The Morgan fingerprint density at radius 2 is 2.23 bits per heavy atom. The molecule has 124 valence electrons. The Morgan fingerprint density at radius 1 is 1.45 bits per heavy atom. The van der Waals surface area contributed by atoms with Crippen molar-refractivity contribution in [3.05, 3.63) is 12.3 Å². The van der Waals surface area contributed by atoms with Crippen molar-refractivity contribution in [3.63, 3.8) is 0 Å². The molecule has 1 fully saturated rings. The number of anilines is 1. The predicted octanol–water partition coefficient (Wildman–Crippen LogP) is 2.70. The smallest absolute Gasteiger partial charge is 0.323 e. The highest BCUT2D eigenvalue weighted by molar-refractivity contribution is 5.88. The summed E-state index contributed by atoms with van der Waals surface area (Å²) in [4.78, 5) is 14.0. The van der Waals surface area contributed by atoms with Gasteiger partial charge in [-0.2, -0.15) is 5.10 Å². The summed E-state index contributed by atoms with van der Waals surface area (Å²) in [6.07, 6.45) is 5.13. The van der Waals surface area contributed by atoms with Gasteiger partial charge in [-0.15, -0.1) is 0 Å². The lowest BCUT2D eigenvalue weighted by atomic mass is 9.98. The Labute approximate surface area is 132 Å². The summed E-state index contributed by atoms with van der Waals surface area (Å²) in [6, 6.07) is 1.69. The second-order valence-corrected chi connectivity index (χ2v) is 6.91. The largest absolute Gasteiger partial charge is 0.390 e. The lowest BCUT2D eigenvalue weighted by Crippen LogP contribution is -2.36. The van der Waals surface area contributed by atoms with Crippen molar-refractivity contribution in [2.24, 2.45) is 5.92 Å². The van der Waals surface area contributed by atoms with Crippen LogP contribution >= 0.6 is 0 Å². The van der Waals surface area contributed by atoms with Gasteiger partial charge in [0.05, 0.1) is 5.60 Å². The van der Waals surface area contributed by atoms with E-state index >= 15 is 0 Å². The average molecular weight is 308 g/mol. The number of likely N-dealkylation sites (tertiary alicyclic amines) is 1. The van der Waals surface area contributed by atoms with E-state index in [1.54, 1.807) is 4.90 Å². The Hall–Kier alpha value is -1.56. The summed E-state index contributed by atoms with van der Waals surface area (Å²) in [7, 11) is 0. The van der Waals surface area contributed by atoms with Crippen LogP contribution < -0.4 is 5.32 Å². The van der Waals surface area contributed by atoms with E-state index in [9.17, 15) is 9.90 Å². The molecule has 1 saturated heterocycles. The van der Waals surface area contributed by atoms with Crippen LogP contribution in [0.5, 0.6) is 0 Å². The van der Waals surface area contributed by atoms with Crippen molar-refractivity contribution in [1.82, 2.24) is 14.7 Å². The minimum atomic E-state index is -0.659. The summed E-state index contributed by atoms with van der Waals surface area (Å²) < 4.78 is 1.86. The maximum Gasteiger partial charge on any atom is 0.323 e. The molecule has 0 aromatic carbocycles. The molecular weight excluding hydrogens is 280 g/mol. The Bertz CT molecular complexity index is 496. The Kier molecular flexibility index (Phi) is 5.45. The van der Waals surface area contributed by atoms with E-state index in [-0.39, 0.29) is 6.03 Å². The first-order chi connectivity index (χ1) is 10.4. The number of rotatable bonds is 4. The quantitative estimate of drug-likeness (QED) is 0.898. The van der Waals surface area contributed by atoms with Crippen LogP contribution in [-0.2, 0) is 6.54 Å². The monoisotopic (exact) mass is 308 g/mol. The molecule has 0 bridgehead atoms. The molecule has 0 aliphatic carbocycles. The summed E-state index contributed by atoms with van der Waals surface area (Å²) in [5.74, 6) is 1.22. The normalized spacial score (nSPS) is 22.7. The van der Waals surface area contributed by atoms with Crippen LogP contribution in [0.15, 0.2) is 12.3 Å². The number of aliphatic hydroxyl groups is 1. The standard InChI is InChI=1S/C16H28N4O2/c1-13(2)5-10-20-11-6-14(18-20)17-15(21)19-9-4-7-16(3,22)8-12-19/h6,11,13,22H,4-5,7-10,12H2,1-3H3,(H,17,18,21). The van der Waals surface area contributed by atoms with E-state index in [0.29, 0.717) is 31.2 Å². The van der Waals surface area contributed by atoms with Crippen LogP contribution in [-0.4, -0.2) is 44.5 Å². The second-order valence-electron chi connectivity index (χ2n) is 6.91. The number of nitrogens with one attached hydrogen (secondary N) is 1. The van der Waals surface area contributed by atoms with E-state index in [2.05, 4.69) is 24.3 Å². The third-order valence-electron chi connectivity index (χ3n) is 4.16. The van der Waals surface area contributed by atoms with E-state index in [4.69, 9.17) is 0 Å². The molecule has 22 heavy (non-hydrogen) atoms. The first kappa shape index (κ1) is 16.8. The van der Waals surface area contributed by atoms with Gasteiger partial charge in [0.25, 0.3) is 0 Å². The van der Waals surface area contributed by atoms with Crippen molar-refractivity contribution >= 4 is 11.8 Å². The predicted molar refractivity (Wildman–Crippen MR) is 86.7 cm³/mol. The molecule has 1 unspecified atom stereocenters. The molecule has 6 nitrogen and oxygen atoms in total. The van der Waals surface area contributed by atoms with Gasteiger partial charge >= 0.3 is 6.03 Å². The number of hydrogen-bond acceptors (Lipinski definition) is 3. The van der Waals surface area contributed by atoms with Gasteiger partial charge in [0.1, 0.15) is 0 Å². The van der Waals surface area contributed by atoms with E-state index < -0.39 is 5.60 Å². The van der Waals surface area contributed by atoms with Gasteiger partial charge in [-0.25, -0.2) is 4.79 Å². The fourth-order valence-corrected chi connectivity index (χ4v) is 2.60. The maximum absolute atomic E-state index is 12.3. The highest BCUT2D eigenvalue weighted by atomic mass is 16.3. The molecule has 1 aromatic heterocycles. The number of urea groups is 1. The van der Waals surface area contributed by atoms with Crippen LogP contribution in [0.2, 0.25) is 0 Å². The zero-order valence-electron chi connectivity index (χ0n) is 13.9. The Morgan fingerprint density at radius 3 is 2.95 bits per heavy atom. The number of amides is 2. The zero-order valence-corrected chi connectivity index (χ0v) is 13.9. The van der Waals surface area contributed by atoms with Gasteiger partial charge < -0.3 is 10.0 Å². The molecule has 2 rings (SSSR count). The molecule has 2 amide bonds. The van der Waals surface area contributed by atoms with Crippen LogP contribution in [0.25, 0.3) is 0 Å². The molecule has 0 radical (unpaired) electrons. The summed E-state index contributed by atoms with van der Waals surface area (Å²) >= 11 is 0. The summed E-state index contributed by atoms with van der Waals surface area (Å²) in [5.41, 5.74) is -0.659. The van der Waals surface area contributed by atoms with Gasteiger partial charge in [-0.1, -0.05) is 13.8 Å². The molecule has 0 spiro atoms. The van der Waals surface area contributed by atoms with Gasteiger partial charge in [0.15, 0.2) is 5.82 Å². The maximum atomic E-state index is 12.3. The third-order valence-corrected chi connectivity index (χ3v) is 4.16. The van der Waals surface area contributed by atoms with Crippen LogP contribution in [0.4, 0.5) is 10.6 Å². The van der Waals surface area contributed by atoms with Crippen molar-refractivity contribution < 1.29 is 9.90 Å². The number of hydrogen-bond donors (Lipinski definition) is 2. The number of aryl methyl sites for hydroxylation is 1. The fourth-order valence-electron chi connectivity index (χ4n) is 2.60. The van der Waals surface area contributed by atoms with E-state index in [1.807, 2.05) is 23.9 Å². The highest BCUT2D eigenvalue weighted by Crippen LogP contribution is 2.21. The Balaban J connectivity index is 1.86. The first-order valence-electron chi connectivity index (χ1n) is 8.17. The number of nitrogens with zero attached hydrogens (tertiary/aromatic N) is 3. The summed E-state index contributed by atoms with van der Waals surface area (Å²) in [6.45, 7) is 8.31. The first-order valence-corrected chi connectivity index (χ1v) is 8.17. The van der Waals surface area contributed by atoms with Crippen LogP contribution in [0.3, 0.4) is 0 Å². The number of carbonyl (C=O) groups is 1. The minimum Gasteiger partial charge on any atom is -0.390 e.